The predicted molar refractivity (Wildman–Crippen MR) is 93.8 cm³/mol. The van der Waals surface area contributed by atoms with Gasteiger partial charge in [0.25, 0.3) is 0 Å². The van der Waals surface area contributed by atoms with Gasteiger partial charge in [-0.3, -0.25) is 0 Å². The molecule has 0 saturated carbocycles. The summed E-state index contributed by atoms with van der Waals surface area (Å²) in [5.41, 5.74) is 2.27. The Labute approximate surface area is 138 Å². The van der Waals surface area contributed by atoms with Crippen molar-refractivity contribution in [3.63, 3.8) is 0 Å². The minimum absolute atomic E-state index is 0.0187. The largest absolute Gasteiger partial charge is 0.475 e. The second-order valence-electron chi connectivity index (χ2n) is 5.61. The zero-order chi connectivity index (χ0) is 16.4. The van der Waals surface area contributed by atoms with E-state index in [4.69, 9.17) is 9.52 Å². The monoisotopic (exact) mass is 329 g/mol. The number of hydrogen-bond donors (Lipinski definition) is 2. The molecule has 0 saturated heterocycles. The summed E-state index contributed by atoms with van der Waals surface area (Å²) in [7, 11) is 0. The van der Waals surface area contributed by atoms with Gasteiger partial charge in [-0.2, -0.15) is 0 Å². The van der Waals surface area contributed by atoms with Crippen LogP contribution in [0.2, 0.25) is 0 Å². The lowest BCUT2D eigenvalue weighted by atomic mass is 10.1. The van der Waals surface area contributed by atoms with Gasteiger partial charge >= 0.3 is 5.97 Å². The number of nitrogens with one attached hydrogen (secondary N) is 1. The van der Waals surface area contributed by atoms with E-state index in [-0.39, 0.29) is 5.76 Å². The smallest absolute Gasteiger partial charge is 0.372 e. The molecule has 3 rings (SSSR count). The van der Waals surface area contributed by atoms with E-state index in [0.717, 1.165) is 30.5 Å². The van der Waals surface area contributed by atoms with Crippen molar-refractivity contribution in [2.75, 3.05) is 11.9 Å². The third-order valence-electron chi connectivity index (χ3n) is 3.86. The average Bonchev–Trinajstić information content (AvgIpc) is 3.08. The first-order valence-electron chi connectivity index (χ1n) is 7.60. The lowest BCUT2D eigenvalue weighted by molar-refractivity contribution is 0.0664. The fraction of sp³-hybridized carbons (Fsp3) is 0.278. The Morgan fingerprint density at radius 2 is 2.09 bits per heavy atom. The molecule has 2 N–H and O–H groups in total. The molecule has 0 aliphatic heterocycles. The van der Waals surface area contributed by atoms with Crippen LogP contribution in [0.4, 0.5) is 5.69 Å². The van der Waals surface area contributed by atoms with E-state index in [1.54, 1.807) is 6.92 Å². The second-order valence-corrected chi connectivity index (χ2v) is 6.99. The topological polar surface area (TPSA) is 62.5 Å². The first-order chi connectivity index (χ1) is 11.0. The SMILES string of the molecule is Cc1ccc(CCCNc2ccc3oc(C(=O)O)c(C)c3c2)s1. The number of thiophene rings is 1. The highest BCUT2D eigenvalue weighted by Gasteiger charge is 2.16. The number of benzene rings is 1. The molecule has 0 aliphatic rings. The van der Waals surface area contributed by atoms with Crippen molar-refractivity contribution < 1.29 is 14.3 Å². The van der Waals surface area contributed by atoms with Gasteiger partial charge in [-0.1, -0.05) is 0 Å². The molecule has 23 heavy (non-hydrogen) atoms. The van der Waals surface area contributed by atoms with Crippen molar-refractivity contribution in [2.24, 2.45) is 0 Å². The van der Waals surface area contributed by atoms with Crippen LogP contribution < -0.4 is 5.32 Å². The van der Waals surface area contributed by atoms with Crippen LogP contribution >= 0.6 is 11.3 Å². The molecule has 0 radical (unpaired) electrons. The third-order valence-corrected chi connectivity index (χ3v) is 4.92. The van der Waals surface area contributed by atoms with Crippen LogP contribution in [0.25, 0.3) is 11.0 Å². The predicted octanol–water partition coefficient (Wildman–Crippen LogP) is 4.85. The molecule has 0 spiro atoms. The number of aryl methyl sites for hydroxylation is 3. The highest BCUT2D eigenvalue weighted by molar-refractivity contribution is 7.11. The molecule has 0 aliphatic carbocycles. The van der Waals surface area contributed by atoms with Crippen LogP contribution in [-0.4, -0.2) is 17.6 Å². The van der Waals surface area contributed by atoms with E-state index in [1.165, 1.54) is 9.75 Å². The number of carbonyl (C=O) groups is 1. The number of carboxylic acid groups (broad SMARTS) is 1. The highest BCUT2D eigenvalue weighted by atomic mass is 32.1. The van der Waals surface area contributed by atoms with Crippen molar-refractivity contribution in [3.8, 4) is 0 Å². The summed E-state index contributed by atoms with van der Waals surface area (Å²) in [5.74, 6) is -1.01. The molecule has 1 aromatic carbocycles. The van der Waals surface area contributed by atoms with Crippen LogP contribution in [0, 0.1) is 13.8 Å². The minimum atomic E-state index is -1.03. The quantitative estimate of drug-likeness (QED) is 0.634. The van der Waals surface area contributed by atoms with E-state index in [2.05, 4.69) is 24.4 Å². The van der Waals surface area contributed by atoms with Crippen molar-refractivity contribution >= 4 is 34.0 Å². The van der Waals surface area contributed by atoms with Crippen LogP contribution in [0.5, 0.6) is 0 Å². The summed E-state index contributed by atoms with van der Waals surface area (Å²) in [4.78, 5) is 13.9. The van der Waals surface area contributed by atoms with Gasteiger partial charge in [0.05, 0.1) is 0 Å². The second kappa shape index (κ2) is 6.46. The van der Waals surface area contributed by atoms with Gasteiger partial charge in [0.1, 0.15) is 5.58 Å². The summed E-state index contributed by atoms with van der Waals surface area (Å²) in [6, 6.07) is 10.0. The summed E-state index contributed by atoms with van der Waals surface area (Å²) < 4.78 is 5.38. The van der Waals surface area contributed by atoms with E-state index < -0.39 is 5.97 Å². The highest BCUT2D eigenvalue weighted by Crippen LogP contribution is 2.28. The van der Waals surface area contributed by atoms with Crippen molar-refractivity contribution in [2.45, 2.75) is 26.7 Å². The van der Waals surface area contributed by atoms with E-state index >= 15 is 0 Å². The number of anilines is 1. The summed E-state index contributed by atoms with van der Waals surface area (Å²) in [5, 5.41) is 13.4. The van der Waals surface area contributed by atoms with E-state index in [9.17, 15) is 4.79 Å². The Balaban J connectivity index is 1.64. The molecule has 0 amide bonds. The van der Waals surface area contributed by atoms with Gasteiger partial charge in [0.15, 0.2) is 0 Å². The Morgan fingerprint density at radius 3 is 2.78 bits per heavy atom. The van der Waals surface area contributed by atoms with Gasteiger partial charge in [-0.25, -0.2) is 4.79 Å². The Morgan fingerprint density at radius 1 is 1.26 bits per heavy atom. The Hall–Kier alpha value is -2.27. The fourth-order valence-corrected chi connectivity index (χ4v) is 3.58. The zero-order valence-electron chi connectivity index (χ0n) is 13.2. The number of hydrogen-bond acceptors (Lipinski definition) is 4. The number of furan rings is 1. The summed E-state index contributed by atoms with van der Waals surface area (Å²) >= 11 is 1.85. The lowest BCUT2D eigenvalue weighted by Crippen LogP contribution is -2.02. The molecule has 3 aromatic rings. The summed E-state index contributed by atoms with van der Waals surface area (Å²) in [6.07, 6.45) is 2.13. The number of carboxylic acids is 1. The number of fused-ring (bicyclic) bond motifs is 1. The molecule has 4 nitrogen and oxygen atoms in total. The van der Waals surface area contributed by atoms with Crippen molar-refractivity contribution in [1.29, 1.82) is 0 Å². The van der Waals surface area contributed by atoms with Crippen LogP contribution in [0.15, 0.2) is 34.7 Å². The maximum atomic E-state index is 11.1. The number of rotatable bonds is 6. The molecule has 2 aromatic heterocycles. The van der Waals surface area contributed by atoms with Crippen LogP contribution in [0.3, 0.4) is 0 Å². The molecule has 0 bridgehead atoms. The first kappa shape index (κ1) is 15.6. The standard InChI is InChI=1S/C18H19NO3S/c1-11-5-7-14(23-11)4-3-9-19-13-6-8-16-15(10-13)12(2)17(22-16)18(20)21/h5-8,10,19H,3-4,9H2,1-2H3,(H,20,21). The molecular formula is C18H19NO3S. The maximum Gasteiger partial charge on any atom is 0.372 e. The fourth-order valence-electron chi connectivity index (χ4n) is 2.65. The molecule has 0 unspecified atom stereocenters. The molecule has 120 valence electrons. The van der Waals surface area contributed by atoms with Gasteiger partial charge in [0, 0.05) is 32.9 Å². The molecule has 0 fully saturated rings. The van der Waals surface area contributed by atoms with Gasteiger partial charge in [-0.15, -0.1) is 11.3 Å². The van der Waals surface area contributed by atoms with Crippen molar-refractivity contribution in [1.82, 2.24) is 0 Å². The van der Waals surface area contributed by atoms with Crippen LogP contribution in [-0.2, 0) is 6.42 Å². The first-order valence-corrected chi connectivity index (χ1v) is 8.42. The Kier molecular flexibility index (Phi) is 4.39. The molecule has 5 heteroatoms. The normalized spacial score (nSPS) is 11.0. The lowest BCUT2D eigenvalue weighted by Gasteiger charge is -2.06. The average molecular weight is 329 g/mol. The molecule has 0 atom stereocenters. The Bertz CT molecular complexity index is 847. The van der Waals surface area contributed by atoms with E-state index in [0.29, 0.717) is 11.1 Å². The number of aromatic carboxylic acids is 1. The van der Waals surface area contributed by atoms with Gasteiger partial charge < -0.3 is 14.8 Å². The molecular weight excluding hydrogens is 310 g/mol. The zero-order valence-corrected chi connectivity index (χ0v) is 14.0. The van der Waals surface area contributed by atoms with E-state index in [1.807, 2.05) is 29.5 Å². The molecule has 2 heterocycles. The summed E-state index contributed by atoms with van der Waals surface area (Å²) in [6.45, 7) is 4.78. The van der Waals surface area contributed by atoms with Crippen molar-refractivity contribution in [3.05, 3.63) is 51.4 Å². The minimum Gasteiger partial charge on any atom is -0.475 e. The van der Waals surface area contributed by atoms with Gasteiger partial charge in [-0.05, 0) is 57.0 Å². The van der Waals surface area contributed by atoms with Crippen LogP contribution in [0.1, 0.15) is 32.3 Å². The van der Waals surface area contributed by atoms with Gasteiger partial charge in [0.2, 0.25) is 5.76 Å². The third kappa shape index (κ3) is 3.40. The maximum absolute atomic E-state index is 11.1.